The first-order chi connectivity index (χ1) is 16.6. The lowest BCUT2D eigenvalue weighted by Gasteiger charge is -2.51. The number of benzene rings is 1. The fourth-order valence-corrected chi connectivity index (χ4v) is 7.29. The van der Waals surface area contributed by atoms with Gasteiger partial charge < -0.3 is 34.6 Å². The topological polar surface area (TPSA) is 143 Å². The molecule has 1 aliphatic heterocycles. The van der Waals surface area contributed by atoms with Crippen LogP contribution in [0.15, 0.2) is 18.2 Å². The van der Waals surface area contributed by atoms with E-state index in [2.05, 4.69) is 13.0 Å². The van der Waals surface area contributed by atoms with Gasteiger partial charge in [0.2, 0.25) is 0 Å². The number of rotatable bonds is 4. The average Bonchev–Trinajstić information content (AvgIpc) is 3.14. The lowest BCUT2D eigenvalue weighted by Crippen LogP contribution is -2.61. The Bertz CT molecular complexity index is 995. The van der Waals surface area contributed by atoms with Crippen LogP contribution in [0.2, 0.25) is 0 Å². The summed E-state index contributed by atoms with van der Waals surface area (Å²) in [5, 5.41) is 39.9. The highest BCUT2D eigenvalue weighted by Crippen LogP contribution is 2.62. The Balaban J connectivity index is 1.32. The van der Waals surface area contributed by atoms with Crippen molar-refractivity contribution in [1.82, 2.24) is 0 Å². The molecule has 10 atom stereocenters. The summed E-state index contributed by atoms with van der Waals surface area (Å²) in [5.41, 5.74) is 2.40. The van der Waals surface area contributed by atoms with Gasteiger partial charge in [0.25, 0.3) is 0 Å². The molecule has 5 rings (SSSR count). The first-order valence-electron chi connectivity index (χ1n) is 12.5. The maximum absolute atomic E-state index is 11.5. The predicted molar refractivity (Wildman–Crippen MR) is 122 cm³/mol. The van der Waals surface area contributed by atoms with Crippen LogP contribution in [0.3, 0.4) is 0 Å². The standard InChI is InChI=1S/C26H34O9/c1-12(27)33-14-4-6-15-13(11-14)3-5-17-16(15)9-10-26(2)18(17)7-8-19(26)34-25-22(30)20(28)21(29)23(35-25)24(31)32/h4,6,11,16-23,25,28-30H,3,5,7-10H2,1-2H3,(H,31,32). The number of aliphatic hydroxyl groups is 3. The number of esters is 1. The van der Waals surface area contributed by atoms with Crippen molar-refractivity contribution in [3.05, 3.63) is 29.3 Å². The maximum atomic E-state index is 11.5. The van der Waals surface area contributed by atoms with Crippen molar-refractivity contribution in [2.24, 2.45) is 17.3 Å². The molecule has 4 aliphatic rings. The summed E-state index contributed by atoms with van der Waals surface area (Å²) in [6.45, 7) is 3.61. The molecule has 35 heavy (non-hydrogen) atoms. The molecule has 3 aliphatic carbocycles. The van der Waals surface area contributed by atoms with Crippen LogP contribution < -0.4 is 4.74 Å². The smallest absolute Gasteiger partial charge is 0.335 e. The van der Waals surface area contributed by atoms with Crippen LogP contribution >= 0.6 is 0 Å². The Kier molecular flexibility index (Phi) is 6.42. The second-order valence-electron chi connectivity index (χ2n) is 10.9. The Morgan fingerprint density at radius 2 is 1.83 bits per heavy atom. The van der Waals surface area contributed by atoms with Crippen LogP contribution in [0.25, 0.3) is 0 Å². The molecule has 1 heterocycles. The average molecular weight is 491 g/mol. The molecule has 1 saturated heterocycles. The number of aliphatic hydroxyl groups excluding tert-OH is 3. The molecule has 10 unspecified atom stereocenters. The first-order valence-corrected chi connectivity index (χ1v) is 12.5. The number of fused-ring (bicyclic) bond motifs is 5. The number of hydrogen-bond donors (Lipinski definition) is 4. The minimum Gasteiger partial charge on any atom is -0.479 e. The number of hydrogen-bond acceptors (Lipinski definition) is 8. The van der Waals surface area contributed by atoms with E-state index in [0.29, 0.717) is 23.5 Å². The normalized spacial score (nSPS) is 42.5. The highest BCUT2D eigenvalue weighted by Gasteiger charge is 2.57. The van der Waals surface area contributed by atoms with E-state index in [1.54, 1.807) is 0 Å². The molecular weight excluding hydrogens is 456 g/mol. The molecule has 4 N–H and O–H groups in total. The third kappa shape index (κ3) is 4.17. The fourth-order valence-electron chi connectivity index (χ4n) is 7.29. The molecule has 1 aromatic carbocycles. The van der Waals surface area contributed by atoms with Crippen molar-refractivity contribution in [2.45, 2.75) is 95.1 Å². The highest BCUT2D eigenvalue weighted by molar-refractivity contribution is 5.73. The fraction of sp³-hybridized carbons (Fsp3) is 0.692. The first kappa shape index (κ1) is 24.6. The van der Waals surface area contributed by atoms with Gasteiger partial charge in [-0.15, -0.1) is 0 Å². The summed E-state index contributed by atoms with van der Waals surface area (Å²) in [6.07, 6.45) is -2.62. The van der Waals surface area contributed by atoms with E-state index >= 15 is 0 Å². The Hall–Kier alpha value is -2.04. The minimum atomic E-state index is -1.73. The van der Waals surface area contributed by atoms with Gasteiger partial charge in [-0.1, -0.05) is 13.0 Å². The summed E-state index contributed by atoms with van der Waals surface area (Å²) >= 11 is 0. The number of carbonyl (C=O) groups is 2. The van der Waals surface area contributed by atoms with Crippen molar-refractivity contribution in [2.75, 3.05) is 0 Å². The van der Waals surface area contributed by atoms with Gasteiger partial charge in [-0.2, -0.15) is 0 Å². The van der Waals surface area contributed by atoms with E-state index in [-0.39, 0.29) is 17.5 Å². The molecule has 1 aromatic rings. The van der Waals surface area contributed by atoms with Crippen molar-refractivity contribution >= 4 is 11.9 Å². The number of aryl methyl sites for hydroxylation is 1. The molecule has 0 bridgehead atoms. The van der Waals surface area contributed by atoms with E-state index in [1.165, 1.54) is 18.1 Å². The van der Waals surface area contributed by atoms with Gasteiger partial charge in [0.1, 0.15) is 24.1 Å². The van der Waals surface area contributed by atoms with Gasteiger partial charge in [0, 0.05) is 6.92 Å². The third-order valence-electron chi connectivity index (χ3n) is 8.98. The molecule has 0 amide bonds. The third-order valence-corrected chi connectivity index (χ3v) is 8.98. The van der Waals surface area contributed by atoms with Crippen LogP contribution in [0.4, 0.5) is 0 Å². The van der Waals surface area contributed by atoms with E-state index in [0.717, 1.165) is 38.5 Å². The molecule has 0 radical (unpaired) electrons. The van der Waals surface area contributed by atoms with Crippen molar-refractivity contribution in [1.29, 1.82) is 0 Å². The Labute approximate surface area is 204 Å². The molecule has 3 fully saturated rings. The Morgan fingerprint density at radius 3 is 2.54 bits per heavy atom. The van der Waals surface area contributed by atoms with Crippen molar-refractivity contribution in [3.8, 4) is 5.75 Å². The summed E-state index contributed by atoms with van der Waals surface area (Å²) in [7, 11) is 0. The van der Waals surface area contributed by atoms with Crippen LogP contribution in [-0.4, -0.2) is 69.2 Å². The number of carboxylic acids is 1. The van der Waals surface area contributed by atoms with Gasteiger partial charge in [-0.3, -0.25) is 4.79 Å². The monoisotopic (exact) mass is 490 g/mol. The lowest BCUT2D eigenvalue weighted by atomic mass is 9.55. The lowest BCUT2D eigenvalue weighted by molar-refractivity contribution is -0.312. The quantitative estimate of drug-likeness (QED) is 0.367. The summed E-state index contributed by atoms with van der Waals surface area (Å²) < 4.78 is 16.9. The van der Waals surface area contributed by atoms with E-state index in [9.17, 15) is 30.0 Å². The number of ether oxygens (including phenoxy) is 3. The van der Waals surface area contributed by atoms with Crippen molar-refractivity contribution < 1.29 is 44.2 Å². The number of carbonyl (C=O) groups excluding carboxylic acids is 1. The second-order valence-corrected chi connectivity index (χ2v) is 10.9. The molecule has 192 valence electrons. The minimum absolute atomic E-state index is 0.167. The van der Waals surface area contributed by atoms with Gasteiger partial charge in [0.15, 0.2) is 12.4 Å². The van der Waals surface area contributed by atoms with E-state index in [1.807, 2.05) is 12.1 Å². The summed E-state index contributed by atoms with van der Waals surface area (Å²) in [4.78, 5) is 22.8. The molecular formula is C26H34O9. The van der Waals surface area contributed by atoms with Crippen LogP contribution in [0.1, 0.15) is 63.0 Å². The molecule has 9 nitrogen and oxygen atoms in total. The van der Waals surface area contributed by atoms with Gasteiger partial charge in [-0.05, 0) is 85.0 Å². The number of carboxylic acid groups (broad SMARTS) is 1. The molecule has 0 spiro atoms. The largest absolute Gasteiger partial charge is 0.479 e. The van der Waals surface area contributed by atoms with Crippen LogP contribution in [-0.2, 0) is 25.5 Å². The SMILES string of the molecule is CC(=O)Oc1ccc2c(c1)CCC1C2CCC2(C)C(OC3OC(C(=O)O)C(O)C(O)C3O)CCC12. The van der Waals surface area contributed by atoms with Crippen LogP contribution in [0.5, 0.6) is 5.75 Å². The summed E-state index contributed by atoms with van der Waals surface area (Å²) in [6, 6.07) is 5.96. The highest BCUT2D eigenvalue weighted by atomic mass is 16.7. The van der Waals surface area contributed by atoms with Crippen molar-refractivity contribution in [3.63, 3.8) is 0 Å². The predicted octanol–water partition coefficient (Wildman–Crippen LogP) is 1.75. The molecule has 0 aromatic heterocycles. The zero-order valence-corrected chi connectivity index (χ0v) is 20.0. The van der Waals surface area contributed by atoms with Crippen LogP contribution in [0, 0.1) is 17.3 Å². The molecule has 9 heteroatoms. The second kappa shape index (κ2) is 9.12. The van der Waals surface area contributed by atoms with Gasteiger partial charge >= 0.3 is 11.9 Å². The van der Waals surface area contributed by atoms with E-state index in [4.69, 9.17) is 14.2 Å². The summed E-state index contributed by atoms with van der Waals surface area (Å²) in [5.74, 6) is 0.151. The van der Waals surface area contributed by atoms with E-state index < -0.39 is 36.7 Å². The maximum Gasteiger partial charge on any atom is 0.335 e. The zero-order valence-electron chi connectivity index (χ0n) is 20.0. The Morgan fingerprint density at radius 1 is 1.06 bits per heavy atom. The molecule has 2 saturated carbocycles. The van der Waals surface area contributed by atoms with Gasteiger partial charge in [-0.25, -0.2) is 4.79 Å². The zero-order chi connectivity index (χ0) is 25.1. The number of aliphatic carboxylic acids is 1. The van der Waals surface area contributed by atoms with Gasteiger partial charge in [0.05, 0.1) is 6.10 Å².